The molecule has 2 aliphatic rings. The van der Waals surface area contributed by atoms with Gasteiger partial charge in [-0.3, -0.25) is 14.2 Å². The maximum Gasteiger partial charge on any atom is 0.261 e. The highest BCUT2D eigenvalue weighted by Gasteiger charge is 2.20. The number of likely N-dealkylation sites (tertiary alicyclic amines) is 1. The summed E-state index contributed by atoms with van der Waals surface area (Å²) < 4.78 is 1.79. The van der Waals surface area contributed by atoms with E-state index >= 15 is 0 Å². The van der Waals surface area contributed by atoms with Crippen LogP contribution in [0.2, 0.25) is 0 Å². The number of hydrogen-bond donors (Lipinski definition) is 0. The minimum Gasteiger partial charge on any atom is -0.339 e. The average molecular weight is 354 g/mol. The lowest BCUT2D eigenvalue weighted by Gasteiger charge is -2.20. The molecule has 3 heterocycles. The predicted molar refractivity (Wildman–Crippen MR) is 102 cm³/mol. The van der Waals surface area contributed by atoms with Crippen molar-refractivity contribution < 1.29 is 4.79 Å². The number of aromatic nitrogens is 2. The third-order valence-electron chi connectivity index (χ3n) is 5.60. The summed E-state index contributed by atoms with van der Waals surface area (Å²) in [6, 6.07) is 5.37. The molecule has 1 fully saturated rings. The molecule has 138 valence electrons. The molecule has 2 aliphatic heterocycles. The summed E-state index contributed by atoms with van der Waals surface area (Å²) in [5.74, 6) is 0.886. The Morgan fingerprint density at radius 1 is 1.00 bits per heavy atom. The monoisotopic (exact) mass is 354 g/mol. The van der Waals surface area contributed by atoms with E-state index in [1.54, 1.807) is 22.8 Å². The Kier molecular flexibility index (Phi) is 4.76. The fourth-order valence-electron chi connectivity index (χ4n) is 3.95. The molecule has 26 heavy (non-hydrogen) atoms. The molecule has 4 rings (SSSR count). The van der Waals surface area contributed by atoms with Gasteiger partial charge in [-0.1, -0.05) is 12.8 Å². The van der Waals surface area contributed by atoms with Gasteiger partial charge in [0.05, 0.1) is 10.9 Å². The Morgan fingerprint density at radius 2 is 1.77 bits per heavy atom. The van der Waals surface area contributed by atoms with Gasteiger partial charge in [-0.2, -0.15) is 0 Å². The van der Waals surface area contributed by atoms with Gasteiger partial charge in [-0.05, 0) is 38.1 Å². The van der Waals surface area contributed by atoms with Crippen molar-refractivity contribution in [1.29, 1.82) is 0 Å². The number of likely N-dealkylation sites (N-methyl/N-ethyl adjacent to an activating group) is 1. The van der Waals surface area contributed by atoms with E-state index in [0.29, 0.717) is 23.0 Å². The summed E-state index contributed by atoms with van der Waals surface area (Å²) in [6.45, 7) is 4.06. The molecule has 0 saturated carbocycles. The molecule has 0 radical (unpaired) electrons. The molecular formula is C20H26N4O2. The Bertz CT molecular complexity index is 881. The van der Waals surface area contributed by atoms with Gasteiger partial charge in [-0.15, -0.1) is 0 Å². The third-order valence-corrected chi connectivity index (χ3v) is 5.60. The molecule has 0 spiro atoms. The van der Waals surface area contributed by atoms with E-state index in [4.69, 9.17) is 4.98 Å². The summed E-state index contributed by atoms with van der Waals surface area (Å²) in [7, 11) is 2.06. The molecule has 1 amide bonds. The molecule has 0 unspecified atom stereocenters. The minimum atomic E-state index is 0.00840. The van der Waals surface area contributed by atoms with E-state index in [1.807, 2.05) is 4.90 Å². The van der Waals surface area contributed by atoms with E-state index in [0.717, 1.165) is 51.3 Å². The zero-order valence-electron chi connectivity index (χ0n) is 15.4. The van der Waals surface area contributed by atoms with Crippen LogP contribution in [0.3, 0.4) is 0 Å². The fraction of sp³-hybridized carbons (Fsp3) is 0.550. The third kappa shape index (κ3) is 3.26. The number of rotatable bonds is 1. The number of hydrogen-bond acceptors (Lipinski definition) is 4. The van der Waals surface area contributed by atoms with E-state index in [2.05, 4.69) is 11.9 Å². The van der Waals surface area contributed by atoms with Crippen LogP contribution in [0.15, 0.2) is 23.0 Å². The summed E-state index contributed by atoms with van der Waals surface area (Å²) in [6.07, 6.45) is 5.28. The summed E-state index contributed by atoms with van der Waals surface area (Å²) >= 11 is 0. The number of fused-ring (bicyclic) bond motifs is 2. The molecule has 1 aromatic carbocycles. The molecule has 0 bridgehead atoms. The van der Waals surface area contributed by atoms with Gasteiger partial charge < -0.3 is 9.80 Å². The first-order chi connectivity index (χ1) is 12.6. The minimum absolute atomic E-state index is 0.00840. The first-order valence-electron chi connectivity index (χ1n) is 9.65. The van der Waals surface area contributed by atoms with Gasteiger partial charge in [0.15, 0.2) is 0 Å². The zero-order chi connectivity index (χ0) is 18.1. The Labute approximate surface area is 153 Å². The number of carbonyl (C=O) groups is 1. The second-order valence-corrected chi connectivity index (χ2v) is 7.48. The quantitative estimate of drug-likeness (QED) is 0.785. The number of nitrogens with zero attached hydrogens (tertiary/aromatic N) is 4. The second kappa shape index (κ2) is 7.19. The van der Waals surface area contributed by atoms with Crippen molar-refractivity contribution in [3.63, 3.8) is 0 Å². The van der Waals surface area contributed by atoms with Gasteiger partial charge in [-0.25, -0.2) is 4.98 Å². The maximum atomic E-state index is 12.9. The second-order valence-electron chi connectivity index (χ2n) is 7.48. The van der Waals surface area contributed by atoms with Crippen molar-refractivity contribution in [3.8, 4) is 0 Å². The van der Waals surface area contributed by atoms with Crippen LogP contribution in [-0.2, 0) is 13.0 Å². The molecule has 2 aromatic rings. The van der Waals surface area contributed by atoms with Crippen LogP contribution in [0.5, 0.6) is 0 Å². The summed E-state index contributed by atoms with van der Waals surface area (Å²) in [5, 5.41) is 0.603. The molecule has 0 atom stereocenters. The van der Waals surface area contributed by atoms with Gasteiger partial charge >= 0.3 is 0 Å². The zero-order valence-corrected chi connectivity index (χ0v) is 15.4. The summed E-state index contributed by atoms with van der Waals surface area (Å²) in [4.78, 5) is 34.6. The van der Waals surface area contributed by atoms with Crippen LogP contribution >= 0.6 is 0 Å². The SMILES string of the molecule is CN1CCc2nc3cc(C(=O)N4CCCCCC4)ccc3c(=O)n2CC1. The van der Waals surface area contributed by atoms with Crippen LogP contribution < -0.4 is 5.56 Å². The predicted octanol–water partition coefficient (Wildman–Crippen LogP) is 1.90. The van der Waals surface area contributed by atoms with Gasteiger partial charge in [0.2, 0.25) is 0 Å². The van der Waals surface area contributed by atoms with Crippen LogP contribution in [0.4, 0.5) is 0 Å². The highest BCUT2D eigenvalue weighted by molar-refractivity contribution is 5.97. The Hall–Kier alpha value is -2.21. The average Bonchev–Trinajstić information content (AvgIpc) is 3.03. The van der Waals surface area contributed by atoms with Crippen molar-refractivity contribution in [1.82, 2.24) is 19.4 Å². The Balaban J connectivity index is 1.71. The largest absolute Gasteiger partial charge is 0.339 e. The molecule has 1 aromatic heterocycles. The van der Waals surface area contributed by atoms with E-state index in [1.165, 1.54) is 12.8 Å². The smallest absolute Gasteiger partial charge is 0.261 e. The van der Waals surface area contributed by atoms with E-state index in [9.17, 15) is 9.59 Å². The van der Waals surface area contributed by atoms with Crippen LogP contribution in [0.25, 0.3) is 10.9 Å². The highest BCUT2D eigenvalue weighted by atomic mass is 16.2. The van der Waals surface area contributed by atoms with Crippen molar-refractivity contribution >= 4 is 16.8 Å². The van der Waals surface area contributed by atoms with Gasteiger partial charge in [0, 0.05) is 44.7 Å². The first kappa shape index (κ1) is 17.2. The molecule has 0 N–H and O–H groups in total. The van der Waals surface area contributed by atoms with Crippen LogP contribution in [0, 0.1) is 0 Å². The topological polar surface area (TPSA) is 58.4 Å². The molecular weight excluding hydrogens is 328 g/mol. The standard InChI is InChI=1S/C20H26N4O2/c1-22-11-8-18-21-17-14-15(19(25)23-9-4-2-3-5-10-23)6-7-16(17)20(26)24(18)13-12-22/h6-7,14H,2-5,8-13H2,1H3. The molecule has 6 nitrogen and oxygen atoms in total. The Morgan fingerprint density at radius 3 is 2.54 bits per heavy atom. The van der Waals surface area contributed by atoms with Gasteiger partial charge in [0.25, 0.3) is 11.5 Å². The molecule has 1 saturated heterocycles. The highest BCUT2D eigenvalue weighted by Crippen LogP contribution is 2.17. The van der Waals surface area contributed by atoms with E-state index < -0.39 is 0 Å². The maximum absolute atomic E-state index is 12.9. The molecule has 6 heteroatoms. The fourth-order valence-corrected chi connectivity index (χ4v) is 3.95. The number of benzene rings is 1. The first-order valence-corrected chi connectivity index (χ1v) is 9.65. The lowest BCUT2D eigenvalue weighted by molar-refractivity contribution is 0.0762. The molecule has 0 aliphatic carbocycles. The van der Waals surface area contributed by atoms with Crippen LogP contribution in [0.1, 0.15) is 41.9 Å². The van der Waals surface area contributed by atoms with Crippen molar-refractivity contribution in [3.05, 3.63) is 39.9 Å². The summed E-state index contributed by atoms with van der Waals surface area (Å²) in [5.41, 5.74) is 1.29. The van der Waals surface area contributed by atoms with Crippen LogP contribution in [-0.4, -0.2) is 58.5 Å². The normalized spacial score (nSPS) is 19.0. The number of carbonyl (C=O) groups excluding carboxylic acids is 1. The lowest BCUT2D eigenvalue weighted by Crippen LogP contribution is -2.32. The van der Waals surface area contributed by atoms with Gasteiger partial charge in [0.1, 0.15) is 5.82 Å². The van der Waals surface area contributed by atoms with E-state index in [-0.39, 0.29) is 11.5 Å². The van der Waals surface area contributed by atoms with Crippen molar-refractivity contribution in [2.24, 2.45) is 0 Å². The number of amides is 1. The lowest BCUT2D eigenvalue weighted by atomic mass is 10.1. The van der Waals surface area contributed by atoms with Crippen molar-refractivity contribution in [2.45, 2.75) is 38.6 Å². The van der Waals surface area contributed by atoms with Crippen molar-refractivity contribution in [2.75, 3.05) is 33.2 Å².